The first-order chi connectivity index (χ1) is 16.8. The fraction of sp³-hybridized carbons (Fsp3) is 0.107. The molecular formula is C28H27O5PS. The Morgan fingerprint density at radius 1 is 0.686 bits per heavy atom. The molecule has 0 aliphatic rings. The van der Waals surface area contributed by atoms with Crippen LogP contribution in [0.2, 0.25) is 0 Å². The third kappa shape index (κ3) is 4.65. The van der Waals surface area contributed by atoms with E-state index in [-0.39, 0.29) is 6.16 Å². The fourth-order valence-corrected chi connectivity index (χ4v) is 13.0. The molecule has 0 saturated carbocycles. The van der Waals surface area contributed by atoms with E-state index in [0.29, 0.717) is 5.56 Å². The topological polar surface area (TPSA) is 69.7 Å². The molecule has 0 fully saturated rings. The van der Waals surface area contributed by atoms with Gasteiger partial charge in [-0.2, -0.15) is 0 Å². The standard InChI is InChI=1S/C28H27O5PS/c1-32-28(29)24-20-18-23(19-21-24)22-34(33-35(2,30)31,25-12-6-3-7-13-25,26-14-8-4-9-15-26)27-16-10-5-11-17-27/h3-21H,22H2,1-2H3. The van der Waals surface area contributed by atoms with Gasteiger partial charge in [-0.3, -0.25) is 0 Å². The van der Waals surface area contributed by atoms with Crippen molar-refractivity contribution in [3.63, 3.8) is 0 Å². The number of ether oxygens (including phenoxy) is 1. The van der Waals surface area contributed by atoms with E-state index in [0.717, 1.165) is 27.7 Å². The van der Waals surface area contributed by atoms with Crippen LogP contribution in [0.25, 0.3) is 0 Å². The minimum atomic E-state index is -4.14. The predicted molar refractivity (Wildman–Crippen MR) is 143 cm³/mol. The van der Waals surface area contributed by atoms with Crippen LogP contribution in [-0.4, -0.2) is 27.8 Å². The maximum atomic E-state index is 13.1. The quantitative estimate of drug-likeness (QED) is 0.262. The molecule has 0 unspecified atom stereocenters. The molecule has 0 aromatic heterocycles. The van der Waals surface area contributed by atoms with Crippen molar-refractivity contribution >= 4 is 38.8 Å². The molecule has 5 nitrogen and oxygen atoms in total. The molecule has 0 spiro atoms. The molecule has 0 amide bonds. The van der Waals surface area contributed by atoms with E-state index in [1.165, 1.54) is 7.11 Å². The van der Waals surface area contributed by atoms with Crippen LogP contribution < -0.4 is 15.9 Å². The molecule has 0 bridgehead atoms. The number of rotatable bonds is 8. The second-order valence-corrected chi connectivity index (χ2v) is 14.6. The fourth-order valence-electron chi connectivity index (χ4n) is 4.62. The summed E-state index contributed by atoms with van der Waals surface area (Å²) in [6, 6.07) is 35.7. The van der Waals surface area contributed by atoms with Crippen molar-refractivity contribution in [2.24, 2.45) is 0 Å². The van der Waals surface area contributed by atoms with Gasteiger partial charge in [0.05, 0.1) is 0 Å². The number of hydrogen-bond donors (Lipinski definition) is 0. The first-order valence-electron chi connectivity index (χ1n) is 11.1. The molecule has 180 valence electrons. The first-order valence-corrected chi connectivity index (χ1v) is 15.2. The number of methoxy groups -OCH3 is 1. The zero-order valence-corrected chi connectivity index (χ0v) is 21.3. The molecule has 7 heteroatoms. The first kappa shape index (κ1) is 24.8. The Kier molecular flexibility index (Phi) is 6.91. The van der Waals surface area contributed by atoms with Gasteiger partial charge in [0.15, 0.2) is 0 Å². The maximum absolute atomic E-state index is 13.1. The monoisotopic (exact) mass is 506 g/mol. The van der Waals surface area contributed by atoms with E-state index in [2.05, 4.69) is 0 Å². The molecule has 0 radical (unpaired) electrons. The Balaban J connectivity index is 2.13. The van der Waals surface area contributed by atoms with Crippen LogP contribution in [0.4, 0.5) is 0 Å². The normalized spacial score (nSPS) is 12.9. The Morgan fingerprint density at radius 3 is 1.43 bits per heavy atom. The molecule has 0 aliphatic carbocycles. The number of carbonyl (C=O) groups is 1. The Bertz CT molecular complexity index is 1310. The molecule has 4 rings (SSSR count). The second kappa shape index (κ2) is 9.74. The predicted octanol–water partition coefficient (Wildman–Crippen LogP) is 4.39. The molecular weight excluding hydrogens is 479 g/mol. The summed E-state index contributed by atoms with van der Waals surface area (Å²) in [5.41, 5.74) is 1.25. The van der Waals surface area contributed by atoms with Gasteiger partial charge in [0.25, 0.3) is 0 Å². The van der Waals surface area contributed by atoms with Crippen LogP contribution in [0, 0.1) is 0 Å². The molecule has 35 heavy (non-hydrogen) atoms. The summed E-state index contributed by atoms with van der Waals surface area (Å²) in [5, 5.41) is 2.37. The van der Waals surface area contributed by atoms with Gasteiger partial charge in [0, 0.05) is 0 Å². The van der Waals surface area contributed by atoms with E-state index in [1.54, 1.807) is 12.1 Å². The van der Waals surface area contributed by atoms with E-state index in [4.69, 9.17) is 8.71 Å². The zero-order valence-electron chi connectivity index (χ0n) is 19.6. The SMILES string of the molecule is COC(=O)c1ccc(CP(OS(C)(=O)=O)(c2ccccc2)(c2ccccc2)c2ccccc2)cc1. The van der Waals surface area contributed by atoms with Crippen molar-refractivity contribution in [2.45, 2.75) is 6.16 Å². The third-order valence-electron chi connectivity index (χ3n) is 6.07. The van der Waals surface area contributed by atoms with E-state index in [1.807, 2.05) is 103 Å². The summed E-state index contributed by atoms with van der Waals surface area (Å²) in [7, 11) is -2.61. The molecule has 0 heterocycles. The number of benzene rings is 4. The average Bonchev–Trinajstić information content (AvgIpc) is 2.89. The second-order valence-electron chi connectivity index (χ2n) is 8.34. The minimum absolute atomic E-state index is 0.276. The van der Waals surface area contributed by atoms with Gasteiger partial charge >= 0.3 is 207 Å². The van der Waals surface area contributed by atoms with Crippen molar-refractivity contribution in [2.75, 3.05) is 13.4 Å². The van der Waals surface area contributed by atoms with Gasteiger partial charge in [-0.25, -0.2) is 0 Å². The number of esters is 1. The van der Waals surface area contributed by atoms with Crippen molar-refractivity contribution in [1.82, 2.24) is 0 Å². The van der Waals surface area contributed by atoms with Crippen LogP contribution >= 0.6 is 6.83 Å². The molecule has 4 aromatic rings. The number of hydrogen-bond acceptors (Lipinski definition) is 5. The van der Waals surface area contributed by atoms with Crippen LogP contribution in [0.1, 0.15) is 15.9 Å². The van der Waals surface area contributed by atoms with E-state index >= 15 is 0 Å². The number of carbonyl (C=O) groups excluding carboxylic acids is 1. The summed E-state index contributed by atoms with van der Waals surface area (Å²) in [6.07, 6.45) is 1.38. The Morgan fingerprint density at radius 2 is 1.09 bits per heavy atom. The summed E-state index contributed by atoms with van der Waals surface area (Å²) in [6.45, 7) is -4.14. The van der Waals surface area contributed by atoms with Gasteiger partial charge in [0.2, 0.25) is 0 Å². The van der Waals surface area contributed by atoms with Gasteiger partial charge in [-0.15, -0.1) is 0 Å². The van der Waals surface area contributed by atoms with Gasteiger partial charge in [-0.1, -0.05) is 0 Å². The van der Waals surface area contributed by atoms with E-state index < -0.39 is 22.9 Å². The van der Waals surface area contributed by atoms with Crippen molar-refractivity contribution in [1.29, 1.82) is 0 Å². The molecule has 0 aliphatic heterocycles. The van der Waals surface area contributed by atoms with Crippen molar-refractivity contribution < 1.29 is 21.9 Å². The van der Waals surface area contributed by atoms with Crippen LogP contribution in [0.5, 0.6) is 0 Å². The summed E-state index contributed by atoms with van der Waals surface area (Å²) in [5.74, 6) is -0.435. The third-order valence-corrected chi connectivity index (χ3v) is 13.6. The summed E-state index contributed by atoms with van der Waals surface area (Å²) >= 11 is 0. The van der Waals surface area contributed by atoms with Gasteiger partial charge < -0.3 is 0 Å². The Labute approximate surface area is 206 Å². The van der Waals surface area contributed by atoms with Crippen LogP contribution in [0.3, 0.4) is 0 Å². The van der Waals surface area contributed by atoms with Gasteiger partial charge in [0.1, 0.15) is 0 Å². The molecule has 4 aromatic carbocycles. The van der Waals surface area contributed by atoms with Crippen molar-refractivity contribution in [3.8, 4) is 0 Å². The molecule has 0 N–H and O–H groups in total. The van der Waals surface area contributed by atoms with Crippen molar-refractivity contribution in [3.05, 3.63) is 126 Å². The molecule has 0 saturated heterocycles. The van der Waals surface area contributed by atoms with Crippen LogP contribution in [0.15, 0.2) is 115 Å². The molecule has 0 atom stereocenters. The average molecular weight is 507 g/mol. The zero-order chi connectivity index (χ0) is 25.0. The summed E-state index contributed by atoms with van der Waals surface area (Å²) < 4.78 is 37.5. The van der Waals surface area contributed by atoms with Gasteiger partial charge in [-0.05, 0) is 0 Å². The summed E-state index contributed by atoms with van der Waals surface area (Å²) in [4.78, 5) is 12.0. The van der Waals surface area contributed by atoms with Crippen LogP contribution in [-0.2, 0) is 25.0 Å². The van der Waals surface area contributed by atoms with E-state index in [9.17, 15) is 13.2 Å². The Hall–Kier alpha value is -3.31.